The van der Waals surface area contributed by atoms with Gasteiger partial charge in [0.2, 0.25) is 0 Å². The summed E-state index contributed by atoms with van der Waals surface area (Å²) in [5.41, 5.74) is 2.35. The second-order valence-electron chi connectivity index (χ2n) is 6.77. The van der Waals surface area contributed by atoms with Crippen LogP contribution in [0.5, 0.6) is 0 Å². The molecule has 118 valence electrons. The van der Waals surface area contributed by atoms with Gasteiger partial charge in [-0.25, -0.2) is 0 Å². The molecule has 0 radical (unpaired) electrons. The van der Waals surface area contributed by atoms with Gasteiger partial charge in [-0.2, -0.15) is 0 Å². The minimum atomic E-state index is -0.837. The zero-order valence-electron chi connectivity index (χ0n) is 13.2. The van der Waals surface area contributed by atoms with Crippen molar-refractivity contribution < 1.29 is 19.3 Å². The monoisotopic (exact) mass is 302 g/mol. The molecule has 0 amide bonds. The summed E-state index contributed by atoms with van der Waals surface area (Å²) in [6.07, 6.45) is 6.77. The summed E-state index contributed by atoms with van der Waals surface area (Å²) in [5.74, 6) is -0.523. The Labute approximate surface area is 131 Å². The smallest absolute Gasteiger partial charge is 0.427 e. The molecule has 1 fully saturated rings. The fraction of sp³-hybridized carbons (Fsp3) is 0.647. The molecule has 1 heterocycles. The topological polar surface area (TPSA) is 63.6 Å². The van der Waals surface area contributed by atoms with E-state index in [1.807, 2.05) is 0 Å². The molecule has 1 saturated heterocycles. The van der Waals surface area contributed by atoms with Crippen molar-refractivity contribution in [3.8, 4) is 0 Å². The third-order valence-electron chi connectivity index (χ3n) is 5.33. The van der Waals surface area contributed by atoms with Crippen molar-refractivity contribution in [3.63, 3.8) is 0 Å². The molecule has 0 saturated carbocycles. The van der Waals surface area contributed by atoms with Crippen LogP contribution in [0.25, 0.3) is 0 Å². The van der Waals surface area contributed by atoms with Crippen molar-refractivity contribution in [3.05, 3.63) is 23.3 Å². The van der Waals surface area contributed by atoms with Gasteiger partial charge in [-0.05, 0) is 49.7 Å². The summed E-state index contributed by atoms with van der Waals surface area (Å²) >= 11 is 0. The van der Waals surface area contributed by atoms with E-state index in [9.17, 15) is 14.6 Å². The number of fused-ring (bicyclic) bond motifs is 3. The van der Waals surface area contributed by atoms with Crippen LogP contribution in [0.2, 0.25) is 6.32 Å². The minimum absolute atomic E-state index is 0.0305. The summed E-state index contributed by atoms with van der Waals surface area (Å²) in [4.78, 5) is 24.6. The summed E-state index contributed by atoms with van der Waals surface area (Å²) in [6, 6.07) is 0. The molecule has 4 atom stereocenters. The average molecular weight is 302 g/mol. The molecule has 3 rings (SSSR count). The van der Waals surface area contributed by atoms with Crippen molar-refractivity contribution >= 4 is 18.7 Å². The number of rotatable bonds is 3. The number of unbranched alkanes of at least 4 members (excludes halogenated alkanes) is 1. The van der Waals surface area contributed by atoms with Crippen LogP contribution in [-0.4, -0.2) is 29.8 Å². The molecule has 0 aromatic carbocycles. The van der Waals surface area contributed by atoms with E-state index in [2.05, 4.69) is 13.8 Å². The Kier molecular flexibility index (Phi) is 4.37. The van der Waals surface area contributed by atoms with E-state index >= 15 is 0 Å². The number of hydrogen-bond donors (Lipinski definition) is 1. The fourth-order valence-electron chi connectivity index (χ4n) is 4.37. The second kappa shape index (κ2) is 6.13. The van der Waals surface area contributed by atoms with E-state index in [0.29, 0.717) is 12.7 Å². The lowest BCUT2D eigenvalue weighted by Gasteiger charge is -2.45. The predicted octanol–water partition coefficient (Wildman–Crippen LogP) is 2.33. The maximum Gasteiger partial charge on any atom is 0.455 e. The van der Waals surface area contributed by atoms with Gasteiger partial charge in [-0.1, -0.05) is 25.3 Å². The van der Waals surface area contributed by atoms with Gasteiger partial charge in [0.25, 0.3) is 0 Å². The fourth-order valence-corrected chi connectivity index (χ4v) is 4.37. The Morgan fingerprint density at radius 1 is 1.27 bits per heavy atom. The largest absolute Gasteiger partial charge is 0.455 e. The Morgan fingerprint density at radius 3 is 2.73 bits per heavy atom. The number of carbonyl (C=O) groups excluding carboxylic acids is 2. The highest BCUT2D eigenvalue weighted by Crippen LogP contribution is 2.48. The van der Waals surface area contributed by atoms with Crippen LogP contribution < -0.4 is 0 Å². The maximum absolute atomic E-state index is 12.4. The van der Waals surface area contributed by atoms with Crippen LogP contribution >= 0.6 is 0 Å². The van der Waals surface area contributed by atoms with E-state index in [1.165, 1.54) is 23.3 Å². The molecule has 2 aliphatic carbocycles. The van der Waals surface area contributed by atoms with Crippen molar-refractivity contribution in [1.82, 2.24) is 0 Å². The van der Waals surface area contributed by atoms with Crippen molar-refractivity contribution in [2.24, 2.45) is 17.8 Å². The highest BCUT2D eigenvalue weighted by Gasteiger charge is 2.50. The average Bonchev–Trinajstić information content (AvgIpc) is 2.48. The van der Waals surface area contributed by atoms with Gasteiger partial charge in [0, 0.05) is 11.8 Å². The zero-order valence-corrected chi connectivity index (χ0v) is 13.2. The van der Waals surface area contributed by atoms with Gasteiger partial charge in [-0.15, -0.1) is 0 Å². The first-order chi connectivity index (χ1) is 10.5. The first-order valence-electron chi connectivity index (χ1n) is 8.31. The molecule has 4 nitrogen and oxygen atoms in total. The summed E-state index contributed by atoms with van der Waals surface area (Å²) in [7, 11) is -0.837. The normalized spacial score (nSPS) is 34.8. The van der Waals surface area contributed by atoms with E-state index in [0.717, 1.165) is 19.3 Å². The molecule has 5 heteroatoms. The summed E-state index contributed by atoms with van der Waals surface area (Å²) in [5, 5.41) is 10.1. The van der Waals surface area contributed by atoms with E-state index in [4.69, 9.17) is 4.65 Å². The first kappa shape index (κ1) is 15.7. The standard InChI is InChI=1S/C17H23BO4/c1-3-4-5-15-16-10(2)8-11-13(19)6-7-14(20)17(11)12(16)9-18(21)22-15/h6-7,11-12,15,17,21H,3-5,8-9H2,1-2H3/t11-,12-,15+,17+/m0/s1. The van der Waals surface area contributed by atoms with Crippen LogP contribution in [0.15, 0.2) is 23.3 Å². The summed E-state index contributed by atoms with van der Waals surface area (Å²) in [6.45, 7) is 4.18. The number of hydrogen-bond acceptors (Lipinski definition) is 4. The van der Waals surface area contributed by atoms with Crippen LogP contribution in [0.3, 0.4) is 0 Å². The van der Waals surface area contributed by atoms with Crippen LogP contribution in [0, 0.1) is 17.8 Å². The molecule has 22 heavy (non-hydrogen) atoms. The summed E-state index contributed by atoms with van der Waals surface area (Å²) < 4.78 is 5.75. The van der Waals surface area contributed by atoms with Crippen molar-refractivity contribution in [2.45, 2.75) is 52.0 Å². The highest BCUT2D eigenvalue weighted by atomic mass is 16.5. The minimum Gasteiger partial charge on any atom is -0.427 e. The third kappa shape index (κ3) is 2.61. The Hall–Kier alpha value is -1.20. The number of allylic oxidation sites excluding steroid dienone is 3. The Morgan fingerprint density at radius 2 is 2.00 bits per heavy atom. The van der Waals surface area contributed by atoms with Crippen LogP contribution in [-0.2, 0) is 14.2 Å². The quantitative estimate of drug-likeness (QED) is 0.642. The Balaban J connectivity index is 1.97. The third-order valence-corrected chi connectivity index (χ3v) is 5.33. The molecular formula is C17H23BO4. The lowest BCUT2D eigenvalue weighted by Crippen LogP contribution is -2.49. The molecular weight excluding hydrogens is 279 g/mol. The SMILES string of the molecule is CCCC[C@H]1OB(O)C[C@H]2C1=C(C)C[C@H]1C(=O)C=CC(=O)[C@H]12. The number of ketones is 2. The molecule has 3 aliphatic rings. The lowest BCUT2D eigenvalue weighted by molar-refractivity contribution is -0.131. The lowest BCUT2D eigenvalue weighted by atomic mass is 9.56. The van der Waals surface area contributed by atoms with E-state index in [-0.39, 0.29) is 35.4 Å². The second-order valence-corrected chi connectivity index (χ2v) is 6.77. The van der Waals surface area contributed by atoms with E-state index in [1.54, 1.807) is 0 Å². The van der Waals surface area contributed by atoms with Gasteiger partial charge in [-0.3, -0.25) is 9.59 Å². The van der Waals surface area contributed by atoms with Gasteiger partial charge in [0.15, 0.2) is 11.6 Å². The van der Waals surface area contributed by atoms with Crippen LogP contribution in [0.1, 0.15) is 39.5 Å². The molecule has 0 unspecified atom stereocenters. The molecule has 0 bridgehead atoms. The molecule has 1 N–H and O–H groups in total. The van der Waals surface area contributed by atoms with Crippen molar-refractivity contribution in [2.75, 3.05) is 0 Å². The predicted molar refractivity (Wildman–Crippen MR) is 84.1 cm³/mol. The van der Waals surface area contributed by atoms with Crippen LogP contribution in [0.4, 0.5) is 0 Å². The van der Waals surface area contributed by atoms with Gasteiger partial charge in [0.1, 0.15) is 0 Å². The van der Waals surface area contributed by atoms with Gasteiger partial charge in [0.05, 0.1) is 6.10 Å². The molecule has 0 aromatic heterocycles. The van der Waals surface area contributed by atoms with Gasteiger partial charge >= 0.3 is 7.12 Å². The Bertz CT molecular complexity index is 551. The van der Waals surface area contributed by atoms with Crippen molar-refractivity contribution in [1.29, 1.82) is 0 Å². The highest BCUT2D eigenvalue weighted by molar-refractivity contribution is 6.43. The molecule has 0 spiro atoms. The first-order valence-corrected chi connectivity index (χ1v) is 8.31. The molecule has 0 aromatic rings. The maximum atomic E-state index is 12.4. The van der Waals surface area contributed by atoms with E-state index < -0.39 is 7.12 Å². The zero-order chi connectivity index (χ0) is 15.9. The number of carbonyl (C=O) groups is 2. The molecule has 1 aliphatic heterocycles. The van der Waals surface area contributed by atoms with Gasteiger partial charge < -0.3 is 9.68 Å².